The first kappa shape index (κ1) is 41.9. The molecule has 16 nitrogen and oxygen atoms in total. The third-order valence-electron chi connectivity index (χ3n) is 16.0. The van der Waals surface area contributed by atoms with E-state index in [1.54, 1.807) is 0 Å². The van der Waals surface area contributed by atoms with Crippen molar-refractivity contribution >= 4 is 24.0 Å². The van der Waals surface area contributed by atoms with E-state index in [0.29, 0.717) is 75.8 Å². The summed E-state index contributed by atoms with van der Waals surface area (Å²) in [5.41, 5.74) is 6.20. The van der Waals surface area contributed by atoms with Crippen LogP contribution in [0.5, 0.6) is 0 Å². The van der Waals surface area contributed by atoms with Crippen LogP contribution in [0.2, 0.25) is 0 Å². The number of rotatable bonds is 12. The van der Waals surface area contributed by atoms with E-state index < -0.39 is 24.3 Å². The molecule has 4 saturated heterocycles. The van der Waals surface area contributed by atoms with Crippen LogP contribution in [0.4, 0.5) is 9.59 Å². The first-order valence-corrected chi connectivity index (χ1v) is 23.6. The number of benzene rings is 2. The van der Waals surface area contributed by atoms with Crippen molar-refractivity contribution < 1.29 is 38.9 Å². The van der Waals surface area contributed by atoms with E-state index in [-0.39, 0.29) is 47.8 Å². The molecule has 11 rings (SSSR count). The highest BCUT2D eigenvalue weighted by molar-refractivity contribution is 5.88. The van der Waals surface area contributed by atoms with Crippen LogP contribution in [-0.2, 0) is 19.1 Å². The normalized spacial score (nSPS) is 29.1. The van der Waals surface area contributed by atoms with Gasteiger partial charge in [0.25, 0.3) is 0 Å². The number of hydrogen-bond donors (Lipinski definition) is 4. The molecule has 10 atom stereocenters. The lowest BCUT2D eigenvalue weighted by atomic mass is 9.89. The topological polar surface area (TPSA) is 198 Å². The van der Waals surface area contributed by atoms with Crippen molar-refractivity contribution in [3.63, 3.8) is 0 Å². The summed E-state index contributed by atoms with van der Waals surface area (Å²) in [7, 11) is 3.02. The number of nitrogens with one attached hydrogen (secondary N) is 2. The lowest BCUT2D eigenvalue weighted by molar-refractivity contribution is -0.142. The van der Waals surface area contributed by atoms with Gasteiger partial charge in [0, 0.05) is 76.1 Å². The molecule has 16 heteroatoms. The number of carboxylic acid groups (broad SMARTS) is 2. The van der Waals surface area contributed by atoms with E-state index in [0.717, 1.165) is 66.3 Å². The van der Waals surface area contributed by atoms with E-state index >= 15 is 0 Å². The molecule has 65 heavy (non-hydrogen) atoms. The Kier molecular flexibility index (Phi) is 10.7. The molecule has 0 spiro atoms. The second-order valence-electron chi connectivity index (χ2n) is 19.7. The summed E-state index contributed by atoms with van der Waals surface area (Å²) >= 11 is 0. The SMILES string of the molecule is CN(C(=O)O)[C@H](C(=O)N1[C@@H]2C[C@@H]2C[C@H]1c1nc(-c2ccc([C@@H]3C[C@H]3c3ccc(-c4c[nH]c([C@@H]5C[C@H]6C[C@H]6N5C(=O)[C@H](C5CCOCC5)N(C)C(=O)O)n4)cc3)cc2)c[nH]1)C1CCOCC1. The van der Waals surface area contributed by atoms with Gasteiger partial charge in [-0.2, -0.15) is 0 Å². The molecule has 4 amide bonds. The van der Waals surface area contributed by atoms with Gasteiger partial charge < -0.3 is 39.5 Å². The molecule has 3 saturated carbocycles. The van der Waals surface area contributed by atoms with Crippen molar-refractivity contribution in [1.29, 1.82) is 0 Å². The van der Waals surface area contributed by atoms with E-state index in [4.69, 9.17) is 19.4 Å². The molecule has 7 aliphatic rings. The van der Waals surface area contributed by atoms with E-state index in [9.17, 15) is 29.4 Å². The highest BCUT2D eigenvalue weighted by Crippen LogP contribution is 2.56. The number of carbonyl (C=O) groups excluding carboxylic acids is 2. The van der Waals surface area contributed by atoms with Crippen LogP contribution in [0, 0.1) is 23.7 Å². The Labute approximate surface area is 377 Å². The molecule has 3 aliphatic carbocycles. The Balaban J connectivity index is 0.732. The summed E-state index contributed by atoms with van der Waals surface area (Å²) in [4.78, 5) is 75.9. The van der Waals surface area contributed by atoms with Gasteiger partial charge in [0.05, 0.1) is 23.5 Å². The van der Waals surface area contributed by atoms with Gasteiger partial charge in [-0.15, -0.1) is 0 Å². The molecule has 342 valence electrons. The Morgan fingerprint density at radius 2 is 0.985 bits per heavy atom. The zero-order valence-corrected chi connectivity index (χ0v) is 36.9. The first-order chi connectivity index (χ1) is 31.5. The predicted octanol–water partition coefficient (Wildman–Crippen LogP) is 6.87. The van der Waals surface area contributed by atoms with Crippen molar-refractivity contribution in [2.45, 2.75) is 106 Å². The Morgan fingerprint density at radius 1 is 0.600 bits per heavy atom. The van der Waals surface area contributed by atoms with Crippen molar-refractivity contribution in [2.24, 2.45) is 23.7 Å². The van der Waals surface area contributed by atoms with Gasteiger partial charge in [0.1, 0.15) is 23.7 Å². The average molecular weight is 887 g/mol. The van der Waals surface area contributed by atoms with Crippen LogP contribution in [0.25, 0.3) is 22.5 Å². The average Bonchev–Trinajstić information content (AvgIpc) is 4.25. The lowest BCUT2D eigenvalue weighted by Crippen LogP contribution is -2.54. The van der Waals surface area contributed by atoms with E-state index in [2.05, 4.69) is 58.5 Å². The molecular formula is C49H58N8O8. The number of imidazole rings is 2. The number of hydrogen-bond acceptors (Lipinski definition) is 8. The highest BCUT2D eigenvalue weighted by Gasteiger charge is 2.58. The number of likely N-dealkylation sites (tertiary alicyclic amines) is 2. The molecule has 6 heterocycles. The smallest absolute Gasteiger partial charge is 0.407 e. The standard InChI is InChI=1S/C49H58N8O8/c1-54(48(60)61)42(30-11-15-64-16-12-30)46(58)56-38-19-32(38)21-40(56)44-50-24-36(52-44)28-7-3-26(4-8-28)34-23-35(34)27-5-9-29(10-6-27)37-25-51-45(53-37)41-22-33-20-39(33)57(41)47(59)43(55(2)49(62)63)31-13-17-65-18-14-31/h3-10,24-25,30-35,38-43H,11-23H2,1-2H3,(H,50,52)(H,51,53)(H,60,61)(H,62,63)/t32-,33-,34+,35+,38-,39-,40+,41+,42+,43+/m1/s1. The van der Waals surface area contributed by atoms with Crippen molar-refractivity contribution in [2.75, 3.05) is 40.5 Å². The molecule has 0 radical (unpaired) electrons. The van der Waals surface area contributed by atoms with Crippen molar-refractivity contribution in [1.82, 2.24) is 39.5 Å². The number of H-pyrrole nitrogens is 2. The quantitative estimate of drug-likeness (QED) is 0.117. The van der Waals surface area contributed by atoms with E-state index in [1.807, 2.05) is 22.2 Å². The van der Waals surface area contributed by atoms with Gasteiger partial charge in [-0.05, 0) is 104 Å². The van der Waals surface area contributed by atoms with Gasteiger partial charge in [0.15, 0.2) is 0 Å². The summed E-state index contributed by atoms with van der Waals surface area (Å²) in [6, 6.07) is 15.6. The fourth-order valence-corrected chi connectivity index (χ4v) is 12.1. The fraction of sp³-hybridized carbons (Fsp3) is 0.551. The summed E-state index contributed by atoms with van der Waals surface area (Å²) in [6.07, 6.45) is 8.88. The van der Waals surface area contributed by atoms with Crippen molar-refractivity contribution in [3.8, 4) is 22.5 Å². The minimum Gasteiger partial charge on any atom is -0.465 e. The highest BCUT2D eigenvalue weighted by atomic mass is 16.5. The molecule has 2 aromatic heterocycles. The van der Waals surface area contributed by atoms with Gasteiger partial charge in [-0.3, -0.25) is 19.4 Å². The molecule has 0 bridgehead atoms. The number of aromatic nitrogens is 4. The van der Waals surface area contributed by atoms with E-state index in [1.165, 1.54) is 35.0 Å². The summed E-state index contributed by atoms with van der Waals surface area (Å²) in [6.45, 7) is 2.13. The van der Waals surface area contributed by atoms with Crippen LogP contribution in [-0.4, -0.2) is 138 Å². The summed E-state index contributed by atoms with van der Waals surface area (Å²) < 4.78 is 11.1. The third-order valence-corrected chi connectivity index (χ3v) is 16.0. The number of carbonyl (C=O) groups is 4. The monoisotopic (exact) mass is 886 g/mol. The van der Waals surface area contributed by atoms with Crippen LogP contribution in [0.15, 0.2) is 60.9 Å². The maximum Gasteiger partial charge on any atom is 0.407 e. The summed E-state index contributed by atoms with van der Waals surface area (Å²) in [5, 5.41) is 19.9. The number of piperidine rings is 2. The number of ether oxygens (including phenoxy) is 2. The Hall–Kier alpha value is -5.74. The Morgan fingerprint density at radius 3 is 1.35 bits per heavy atom. The largest absolute Gasteiger partial charge is 0.465 e. The second-order valence-corrected chi connectivity index (χ2v) is 19.7. The van der Waals surface area contributed by atoms with Gasteiger partial charge in [0.2, 0.25) is 11.8 Å². The van der Waals surface area contributed by atoms with Gasteiger partial charge in [-0.1, -0.05) is 48.5 Å². The molecule has 2 aromatic carbocycles. The number of nitrogens with zero attached hydrogens (tertiary/aromatic N) is 6. The maximum absolute atomic E-state index is 14.3. The van der Waals surface area contributed by atoms with Gasteiger partial charge >= 0.3 is 12.2 Å². The molecular weight excluding hydrogens is 829 g/mol. The maximum atomic E-state index is 14.3. The third kappa shape index (κ3) is 7.75. The van der Waals surface area contributed by atoms with Crippen LogP contribution < -0.4 is 0 Å². The molecule has 7 fully saturated rings. The zero-order valence-electron chi connectivity index (χ0n) is 36.9. The number of fused-ring (bicyclic) bond motifs is 2. The number of amides is 4. The minimum absolute atomic E-state index is 0.0818. The second kappa shape index (κ2) is 16.6. The molecule has 4 aromatic rings. The van der Waals surface area contributed by atoms with Crippen molar-refractivity contribution in [3.05, 3.63) is 83.7 Å². The van der Waals surface area contributed by atoms with Gasteiger partial charge in [-0.25, -0.2) is 19.6 Å². The Bertz CT molecular complexity index is 2270. The first-order valence-electron chi connectivity index (χ1n) is 23.6. The predicted molar refractivity (Wildman–Crippen MR) is 237 cm³/mol. The fourth-order valence-electron chi connectivity index (χ4n) is 12.1. The van der Waals surface area contributed by atoms with Crippen LogP contribution in [0.1, 0.15) is 104 Å². The number of aromatic amines is 2. The lowest BCUT2D eigenvalue weighted by Gasteiger charge is -2.38. The zero-order chi connectivity index (χ0) is 44.7. The molecule has 4 aliphatic heterocycles. The van der Waals surface area contributed by atoms with Crippen LogP contribution in [0.3, 0.4) is 0 Å². The number of likely N-dealkylation sites (N-methyl/N-ethyl adjacent to an activating group) is 2. The minimum atomic E-state index is -1.09. The molecule has 4 N–H and O–H groups in total. The molecule has 0 unspecified atom stereocenters. The van der Waals surface area contributed by atoms with Crippen LogP contribution >= 0.6 is 0 Å². The summed E-state index contributed by atoms with van der Waals surface area (Å²) in [5.74, 6) is 2.75.